The molecule has 4 nitrogen and oxygen atoms in total. The van der Waals surface area contributed by atoms with Crippen molar-refractivity contribution in [1.82, 2.24) is 9.97 Å². The third-order valence-corrected chi connectivity index (χ3v) is 1.38. The zero-order valence-electron chi connectivity index (χ0n) is 6.79. The van der Waals surface area contributed by atoms with Gasteiger partial charge in [-0.1, -0.05) is 0 Å². The molecule has 1 aromatic rings. The number of rotatable bonds is 2. The van der Waals surface area contributed by atoms with E-state index in [4.69, 9.17) is 9.47 Å². The highest BCUT2D eigenvalue weighted by atomic mass is 16.5. The smallest absolute Gasteiger partial charge is 0.222 e. The quantitative estimate of drug-likeness (QED) is 0.642. The minimum atomic E-state index is 0. The second-order valence-electron chi connectivity index (χ2n) is 2.02. The summed E-state index contributed by atoms with van der Waals surface area (Å²) in [6.45, 7) is 1.84. The lowest BCUT2D eigenvalue weighted by Crippen LogP contribution is -1.96. The van der Waals surface area contributed by atoms with Crippen molar-refractivity contribution < 1.29 is 10.9 Å². The maximum atomic E-state index is 4.96. The minimum absolute atomic E-state index is 0. The van der Waals surface area contributed by atoms with E-state index in [1.54, 1.807) is 14.2 Å². The highest BCUT2D eigenvalue weighted by Crippen LogP contribution is 2.20. The predicted octanol–water partition coefficient (Wildman–Crippen LogP) is 1.05. The molecule has 0 spiro atoms. The van der Waals surface area contributed by atoms with Crippen LogP contribution in [0.2, 0.25) is 0 Å². The monoisotopic (exact) mass is 156 g/mol. The third-order valence-electron chi connectivity index (χ3n) is 1.38. The molecule has 0 bridgehead atoms. The SMILES string of the molecule is COc1ncnc(OC)c1C.[HH]. The standard InChI is InChI=1S/C7H10N2O2.H2/c1-5-6(10-2)8-4-9-7(5)11-3;/h4H,1-3H3;1H. The second kappa shape index (κ2) is 3.18. The Balaban J connectivity index is 0.00000121. The molecule has 11 heavy (non-hydrogen) atoms. The van der Waals surface area contributed by atoms with E-state index in [1.165, 1.54) is 6.33 Å². The van der Waals surface area contributed by atoms with Gasteiger partial charge in [-0.2, -0.15) is 0 Å². The molecular formula is C7H12N2O2. The number of hydrogen-bond acceptors (Lipinski definition) is 4. The Bertz CT molecular complexity index is 233. The van der Waals surface area contributed by atoms with Gasteiger partial charge in [-0.05, 0) is 6.92 Å². The average Bonchev–Trinajstić information content (AvgIpc) is 2.05. The normalized spacial score (nSPS) is 9.36. The fraction of sp³-hybridized carbons (Fsp3) is 0.429. The zero-order chi connectivity index (χ0) is 8.27. The van der Waals surface area contributed by atoms with Crippen LogP contribution in [0.15, 0.2) is 6.33 Å². The van der Waals surface area contributed by atoms with Crippen LogP contribution in [0, 0.1) is 6.92 Å². The van der Waals surface area contributed by atoms with Gasteiger partial charge in [0.05, 0.1) is 19.8 Å². The summed E-state index contributed by atoms with van der Waals surface area (Å²) in [5, 5.41) is 0. The molecule has 0 N–H and O–H groups in total. The van der Waals surface area contributed by atoms with Crippen molar-refractivity contribution in [3.05, 3.63) is 11.9 Å². The minimum Gasteiger partial charge on any atom is -0.481 e. The van der Waals surface area contributed by atoms with E-state index in [0.29, 0.717) is 11.8 Å². The van der Waals surface area contributed by atoms with Crippen molar-refractivity contribution in [2.24, 2.45) is 0 Å². The first-order valence-corrected chi connectivity index (χ1v) is 3.19. The van der Waals surface area contributed by atoms with Crippen LogP contribution in [0.3, 0.4) is 0 Å². The lowest BCUT2D eigenvalue weighted by atomic mass is 10.3. The van der Waals surface area contributed by atoms with Gasteiger partial charge in [-0.3, -0.25) is 0 Å². The maximum absolute atomic E-state index is 4.96. The number of hydrogen-bond donors (Lipinski definition) is 0. The van der Waals surface area contributed by atoms with E-state index >= 15 is 0 Å². The van der Waals surface area contributed by atoms with Crippen LogP contribution in [0.1, 0.15) is 6.99 Å². The van der Waals surface area contributed by atoms with Gasteiger partial charge in [-0.15, -0.1) is 0 Å². The molecule has 0 saturated heterocycles. The summed E-state index contributed by atoms with van der Waals surface area (Å²) in [4.78, 5) is 7.78. The molecule has 0 aliphatic carbocycles. The molecule has 1 aromatic heterocycles. The van der Waals surface area contributed by atoms with Crippen LogP contribution in [0.25, 0.3) is 0 Å². The Hall–Kier alpha value is -1.32. The van der Waals surface area contributed by atoms with Crippen LogP contribution >= 0.6 is 0 Å². The summed E-state index contributed by atoms with van der Waals surface area (Å²) >= 11 is 0. The van der Waals surface area contributed by atoms with Crippen molar-refractivity contribution in [2.75, 3.05) is 14.2 Å². The molecule has 0 unspecified atom stereocenters. The van der Waals surface area contributed by atoms with Gasteiger partial charge in [0.15, 0.2) is 0 Å². The van der Waals surface area contributed by atoms with Gasteiger partial charge >= 0.3 is 0 Å². The topological polar surface area (TPSA) is 44.2 Å². The number of aromatic nitrogens is 2. The summed E-state index contributed by atoms with van der Waals surface area (Å²) in [6, 6.07) is 0. The van der Waals surface area contributed by atoms with Crippen LogP contribution in [-0.4, -0.2) is 24.2 Å². The van der Waals surface area contributed by atoms with Crippen molar-refractivity contribution in [3.8, 4) is 11.8 Å². The molecule has 62 valence electrons. The third kappa shape index (κ3) is 1.39. The predicted molar refractivity (Wildman–Crippen MR) is 42.0 cm³/mol. The average molecular weight is 156 g/mol. The van der Waals surface area contributed by atoms with Gasteiger partial charge in [0.1, 0.15) is 6.33 Å². The largest absolute Gasteiger partial charge is 0.481 e. The van der Waals surface area contributed by atoms with E-state index in [0.717, 1.165) is 5.56 Å². The highest BCUT2D eigenvalue weighted by Gasteiger charge is 2.05. The van der Waals surface area contributed by atoms with Crippen molar-refractivity contribution in [2.45, 2.75) is 6.92 Å². The van der Waals surface area contributed by atoms with Crippen LogP contribution in [0.4, 0.5) is 0 Å². The van der Waals surface area contributed by atoms with E-state index in [-0.39, 0.29) is 1.43 Å². The summed E-state index contributed by atoms with van der Waals surface area (Å²) in [7, 11) is 3.13. The van der Waals surface area contributed by atoms with Crippen molar-refractivity contribution >= 4 is 0 Å². The fourth-order valence-corrected chi connectivity index (χ4v) is 0.830. The first-order valence-electron chi connectivity index (χ1n) is 3.19. The molecule has 0 aromatic carbocycles. The molecule has 4 heteroatoms. The van der Waals surface area contributed by atoms with Crippen molar-refractivity contribution in [1.29, 1.82) is 0 Å². The maximum Gasteiger partial charge on any atom is 0.222 e. The first-order chi connectivity index (χ1) is 5.29. The molecule has 0 fully saturated rings. The molecule has 0 radical (unpaired) electrons. The molecule has 0 aliphatic rings. The summed E-state index contributed by atoms with van der Waals surface area (Å²) in [5.74, 6) is 1.11. The van der Waals surface area contributed by atoms with E-state index in [9.17, 15) is 0 Å². The van der Waals surface area contributed by atoms with Gasteiger partial charge in [0.2, 0.25) is 11.8 Å². The van der Waals surface area contributed by atoms with Crippen LogP contribution in [0.5, 0.6) is 11.8 Å². The second-order valence-corrected chi connectivity index (χ2v) is 2.02. The van der Waals surface area contributed by atoms with E-state index in [1.807, 2.05) is 6.92 Å². The van der Waals surface area contributed by atoms with Crippen LogP contribution < -0.4 is 9.47 Å². The summed E-state index contributed by atoms with van der Waals surface area (Å²) in [5.41, 5.74) is 0.817. The molecular weight excluding hydrogens is 144 g/mol. The fourth-order valence-electron chi connectivity index (χ4n) is 0.830. The summed E-state index contributed by atoms with van der Waals surface area (Å²) < 4.78 is 9.91. The zero-order valence-corrected chi connectivity index (χ0v) is 6.79. The lowest BCUT2D eigenvalue weighted by Gasteiger charge is -2.05. The molecule has 1 rings (SSSR count). The Morgan fingerprint density at radius 1 is 1.18 bits per heavy atom. The van der Waals surface area contributed by atoms with Gasteiger partial charge in [0.25, 0.3) is 0 Å². The molecule has 1 heterocycles. The lowest BCUT2D eigenvalue weighted by molar-refractivity contribution is 0.365. The number of nitrogens with zero attached hydrogens (tertiary/aromatic N) is 2. The molecule has 0 atom stereocenters. The number of ether oxygens (including phenoxy) is 2. The van der Waals surface area contributed by atoms with E-state index in [2.05, 4.69) is 9.97 Å². The Morgan fingerprint density at radius 3 is 2.00 bits per heavy atom. The Kier molecular flexibility index (Phi) is 2.25. The van der Waals surface area contributed by atoms with E-state index < -0.39 is 0 Å². The Labute approximate surface area is 66.7 Å². The number of methoxy groups -OCH3 is 2. The Morgan fingerprint density at radius 2 is 1.64 bits per heavy atom. The van der Waals surface area contributed by atoms with Gasteiger partial charge in [0, 0.05) is 1.43 Å². The molecule has 0 amide bonds. The van der Waals surface area contributed by atoms with Crippen LogP contribution in [-0.2, 0) is 0 Å². The first kappa shape index (κ1) is 7.78. The van der Waals surface area contributed by atoms with Gasteiger partial charge < -0.3 is 9.47 Å². The van der Waals surface area contributed by atoms with Gasteiger partial charge in [-0.25, -0.2) is 9.97 Å². The summed E-state index contributed by atoms with van der Waals surface area (Å²) in [6.07, 6.45) is 1.41. The van der Waals surface area contributed by atoms with Crippen molar-refractivity contribution in [3.63, 3.8) is 0 Å². The highest BCUT2D eigenvalue weighted by molar-refractivity contribution is 5.32. The molecule has 0 aliphatic heterocycles. The molecule has 0 saturated carbocycles.